The molecular formula is C17H9Br2FO. The van der Waals surface area contributed by atoms with Gasteiger partial charge in [-0.05, 0) is 41.1 Å². The molecule has 0 saturated heterocycles. The number of halogens is 3. The van der Waals surface area contributed by atoms with Gasteiger partial charge in [-0.2, -0.15) is 0 Å². The van der Waals surface area contributed by atoms with Gasteiger partial charge in [-0.3, -0.25) is 4.79 Å². The molecule has 0 radical (unpaired) electrons. The minimum atomic E-state index is -0.527. The summed E-state index contributed by atoms with van der Waals surface area (Å²) in [6.07, 6.45) is 0. The molecule has 104 valence electrons. The van der Waals surface area contributed by atoms with Crippen LogP contribution >= 0.6 is 31.9 Å². The van der Waals surface area contributed by atoms with E-state index in [-0.39, 0.29) is 11.3 Å². The molecule has 0 N–H and O–H groups in total. The second-order valence-corrected chi connectivity index (χ2v) is 6.36. The largest absolute Gasteiger partial charge is 0.288 e. The van der Waals surface area contributed by atoms with Crippen molar-refractivity contribution in [2.75, 3.05) is 0 Å². The Morgan fingerprint density at radius 1 is 0.857 bits per heavy atom. The Balaban J connectivity index is 2.21. The third-order valence-corrected chi connectivity index (χ3v) is 4.48. The molecule has 0 heterocycles. The lowest BCUT2D eigenvalue weighted by Crippen LogP contribution is -2.05. The van der Waals surface area contributed by atoms with Crippen LogP contribution in [-0.2, 0) is 0 Å². The first-order valence-corrected chi connectivity index (χ1v) is 7.83. The van der Waals surface area contributed by atoms with E-state index in [0.717, 1.165) is 15.2 Å². The van der Waals surface area contributed by atoms with Crippen LogP contribution in [0.4, 0.5) is 4.39 Å². The lowest BCUT2D eigenvalue weighted by molar-refractivity contribution is 0.103. The Morgan fingerprint density at radius 3 is 2.24 bits per heavy atom. The first-order chi connectivity index (χ1) is 10.1. The van der Waals surface area contributed by atoms with Gasteiger partial charge in [0.25, 0.3) is 0 Å². The fourth-order valence-corrected chi connectivity index (χ4v) is 3.09. The maximum absolute atomic E-state index is 14.0. The second-order valence-electron chi connectivity index (χ2n) is 4.59. The Hall–Kier alpha value is -1.52. The quantitative estimate of drug-likeness (QED) is 0.495. The molecule has 0 spiro atoms. The zero-order valence-electron chi connectivity index (χ0n) is 10.7. The van der Waals surface area contributed by atoms with Gasteiger partial charge in [0.05, 0.1) is 5.56 Å². The van der Waals surface area contributed by atoms with E-state index in [1.54, 1.807) is 12.1 Å². The molecule has 0 amide bonds. The summed E-state index contributed by atoms with van der Waals surface area (Å²) >= 11 is 6.66. The van der Waals surface area contributed by atoms with E-state index < -0.39 is 5.82 Å². The minimum absolute atomic E-state index is 0.0747. The lowest BCUT2D eigenvalue weighted by Gasteiger charge is -2.08. The first-order valence-electron chi connectivity index (χ1n) is 6.25. The fourth-order valence-electron chi connectivity index (χ4n) is 2.28. The van der Waals surface area contributed by atoms with Crippen molar-refractivity contribution in [3.05, 3.63) is 80.5 Å². The number of hydrogen-bond acceptors (Lipinski definition) is 1. The minimum Gasteiger partial charge on any atom is -0.288 e. The average molecular weight is 408 g/mol. The number of rotatable bonds is 2. The van der Waals surface area contributed by atoms with Gasteiger partial charge in [0.1, 0.15) is 5.82 Å². The molecular weight excluding hydrogens is 399 g/mol. The highest BCUT2D eigenvalue weighted by molar-refractivity contribution is 9.11. The summed E-state index contributed by atoms with van der Waals surface area (Å²) in [7, 11) is 0. The van der Waals surface area contributed by atoms with Gasteiger partial charge in [-0.25, -0.2) is 4.39 Å². The van der Waals surface area contributed by atoms with Crippen LogP contribution in [0.5, 0.6) is 0 Å². The lowest BCUT2D eigenvalue weighted by atomic mass is 9.97. The maximum Gasteiger partial charge on any atom is 0.196 e. The van der Waals surface area contributed by atoms with E-state index in [1.165, 1.54) is 12.1 Å². The molecule has 0 bridgehead atoms. The van der Waals surface area contributed by atoms with E-state index in [2.05, 4.69) is 31.9 Å². The normalized spacial score (nSPS) is 10.8. The van der Waals surface area contributed by atoms with Crippen molar-refractivity contribution in [1.82, 2.24) is 0 Å². The third-order valence-electron chi connectivity index (χ3n) is 3.29. The highest BCUT2D eigenvalue weighted by Crippen LogP contribution is 2.29. The number of fused-ring (bicyclic) bond motifs is 1. The average Bonchev–Trinajstić information content (AvgIpc) is 2.47. The summed E-state index contributed by atoms with van der Waals surface area (Å²) in [5.41, 5.74) is 0.570. The molecule has 4 heteroatoms. The van der Waals surface area contributed by atoms with Gasteiger partial charge in [0.2, 0.25) is 0 Å². The Kier molecular flexibility index (Phi) is 3.91. The Bertz CT molecular complexity index is 859. The first kappa shape index (κ1) is 14.4. The van der Waals surface area contributed by atoms with Crippen molar-refractivity contribution in [2.45, 2.75) is 0 Å². The number of benzene rings is 3. The van der Waals surface area contributed by atoms with Gasteiger partial charge >= 0.3 is 0 Å². The van der Waals surface area contributed by atoms with Crippen molar-refractivity contribution in [3.63, 3.8) is 0 Å². The van der Waals surface area contributed by atoms with E-state index in [4.69, 9.17) is 0 Å². The highest BCUT2D eigenvalue weighted by atomic mass is 79.9. The maximum atomic E-state index is 14.0. The molecule has 0 atom stereocenters. The van der Waals surface area contributed by atoms with Crippen LogP contribution in [0, 0.1) is 5.82 Å². The molecule has 3 rings (SSSR count). The SMILES string of the molecule is O=C(c1ccc(Br)cc1F)c1ccc(Br)c2ccccc12. The van der Waals surface area contributed by atoms with Crippen LogP contribution in [-0.4, -0.2) is 5.78 Å². The summed E-state index contributed by atoms with van der Waals surface area (Å²) in [5.74, 6) is -0.843. The van der Waals surface area contributed by atoms with Gasteiger partial charge in [0, 0.05) is 14.5 Å². The van der Waals surface area contributed by atoms with Crippen LogP contribution in [0.15, 0.2) is 63.5 Å². The van der Waals surface area contributed by atoms with Crippen LogP contribution in [0.2, 0.25) is 0 Å². The van der Waals surface area contributed by atoms with Crippen molar-refractivity contribution in [1.29, 1.82) is 0 Å². The summed E-state index contributed by atoms with van der Waals surface area (Å²) in [5, 5.41) is 1.74. The topological polar surface area (TPSA) is 17.1 Å². The van der Waals surface area contributed by atoms with Crippen LogP contribution in [0.3, 0.4) is 0 Å². The zero-order valence-corrected chi connectivity index (χ0v) is 13.9. The molecule has 0 aromatic heterocycles. The molecule has 1 nitrogen and oxygen atoms in total. The third kappa shape index (κ3) is 2.65. The van der Waals surface area contributed by atoms with E-state index in [9.17, 15) is 9.18 Å². The van der Waals surface area contributed by atoms with Crippen LogP contribution in [0.1, 0.15) is 15.9 Å². The van der Waals surface area contributed by atoms with Crippen molar-refractivity contribution in [3.8, 4) is 0 Å². The molecule has 3 aromatic rings. The van der Waals surface area contributed by atoms with Gasteiger partial charge in [0.15, 0.2) is 5.78 Å². The molecule has 3 aromatic carbocycles. The number of carbonyl (C=O) groups excluding carboxylic acids is 1. The predicted octanol–water partition coefficient (Wildman–Crippen LogP) is 5.73. The van der Waals surface area contributed by atoms with Crippen molar-refractivity contribution < 1.29 is 9.18 Å². The summed E-state index contributed by atoms with van der Waals surface area (Å²) < 4.78 is 15.5. The Labute approximate surface area is 138 Å². The molecule has 0 saturated carbocycles. The van der Waals surface area contributed by atoms with E-state index in [1.807, 2.05) is 30.3 Å². The zero-order chi connectivity index (χ0) is 15.0. The highest BCUT2D eigenvalue weighted by Gasteiger charge is 2.17. The van der Waals surface area contributed by atoms with Gasteiger partial charge in [-0.1, -0.05) is 56.1 Å². The van der Waals surface area contributed by atoms with Crippen molar-refractivity contribution in [2.24, 2.45) is 0 Å². The summed E-state index contributed by atoms with van der Waals surface area (Å²) in [6.45, 7) is 0. The molecule has 0 aliphatic rings. The standard InChI is InChI=1S/C17H9Br2FO/c18-10-5-6-14(16(20)9-10)17(21)13-7-8-15(19)12-4-2-1-3-11(12)13/h1-9H. The predicted molar refractivity (Wildman–Crippen MR) is 89.2 cm³/mol. The Morgan fingerprint density at radius 2 is 1.52 bits per heavy atom. The number of ketones is 1. The van der Waals surface area contributed by atoms with Gasteiger partial charge in [-0.15, -0.1) is 0 Å². The van der Waals surface area contributed by atoms with E-state index >= 15 is 0 Å². The molecule has 0 aliphatic heterocycles. The fraction of sp³-hybridized carbons (Fsp3) is 0. The monoisotopic (exact) mass is 406 g/mol. The number of carbonyl (C=O) groups is 1. The molecule has 0 aliphatic carbocycles. The molecule has 0 fully saturated rings. The van der Waals surface area contributed by atoms with Crippen LogP contribution < -0.4 is 0 Å². The van der Waals surface area contributed by atoms with Gasteiger partial charge < -0.3 is 0 Å². The van der Waals surface area contributed by atoms with Crippen LogP contribution in [0.25, 0.3) is 10.8 Å². The van der Waals surface area contributed by atoms with Crippen molar-refractivity contribution >= 4 is 48.4 Å². The smallest absolute Gasteiger partial charge is 0.196 e. The summed E-state index contributed by atoms with van der Waals surface area (Å²) in [4.78, 5) is 12.6. The summed E-state index contributed by atoms with van der Waals surface area (Å²) in [6, 6.07) is 15.6. The second kappa shape index (κ2) is 5.70. The molecule has 21 heavy (non-hydrogen) atoms. The molecule has 0 unspecified atom stereocenters. The number of hydrogen-bond donors (Lipinski definition) is 0. The van der Waals surface area contributed by atoms with E-state index in [0.29, 0.717) is 10.0 Å².